The molecule has 0 unspecified atom stereocenters. The Labute approximate surface area is 55.4 Å². The highest BCUT2D eigenvalue weighted by Crippen LogP contribution is 2.64. The van der Waals surface area contributed by atoms with Gasteiger partial charge in [0.1, 0.15) is 5.78 Å². The Morgan fingerprint density at radius 3 is 2.44 bits per heavy atom. The van der Waals surface area contributed by atoms with E-state index in [1.54, 1.807) is 0 Å². The highest BCUT2D eigenvalue weighted by molar-refractivity contribution is 5.87. The minimum atomic E-state index is 0.384. The minimum absolute atomic E-state index is 0.384. The van der Waals surface area contributed by atoms with Crippen molar-refractivity contribution in [3.05, 3.63) is 0 Å². The van der Waals surface area contributed by atoms with E-state index in [2.05, 4.69) is 13.8 Å². The summed E-state index contributed by atoms with van der Waals surface area (Å²) < 4.78 is 0. The standard InChI is InChI=1S/C8H12O/c1-8(2)5-3-4-6(9)7(5)8/h5,7H,3-4H2,1-2H3/t5-,7-/m1/s1. The molecule has 0 aromatic carbocycles. The highest BCUT2D eigenvalue weighted by atomic mass is 16.1. The second-order valence-electron chi connectivity index (χ2n) is 3.91. The number of hydrogen-bond donors (Lipinski definition) is 0. The molecular weight excluding hydrogens is 112 g/mol. The first-order chi connectivity index (χ1) is 4.14. The minimum Gasteiger partial charge on any atom is -0.299 e. The van der Waals surface area contributed by atoms with Gasteiger partial charge in [-0.15, -0.1) is 0 Å². The van der Waals surface area contributed by atoms with Gasteiger partial charge in [-0.2, -0.15) is 0 Å². The third-order valence-corrected chi connectivity index (χ3v) is 3.10. The lowest BCUT2D eigenvalue weighted by Gasteiger charge is -2.04. The van der Waals surface area contributed by atoms with Gasteiger partial charge >= 0.3 is 0 Å². The first-order valence-corrected chi connectivity index (χ1v) is 3.67. The zero-order valence-electron chi connectivity index (χ0n) is 5.98. The van der Waals surface area contributed by atoms with E-state index in [4.69, 9.17) is 0 Å². The van der Waals surface area contributed by atoms with Crippen molar-refractivity contribution in [3.8, 4) is 0 Å². The number of Topliss-reactive ketones (excluding diaryl/α,β-unsaturated/α-hetero) is 1. The monoisotopic (exact) mass is 124 g/mol. The Balaban J connectivity index is 2.23. The Morgan fingerprint density at radius 2 is 2.22 bits per heavy atom. The number of carbonyl (C=O) groups is 1. The average molecular weight is 124 g/mol. The van der Waals surface area contributed by atoms with Gasteiger partial charge in [0.15, 0.2) is 0 Å². The molecule has 0 bridgehead atoms. The molecule has 2 aliphatic carbocycles. The fourth-order valence-electron chi connectivity index (χ4n) is 2.38. The van der Waals surface area contributed by atoms with Crippen LogP contribution in [-0.4, -0.2) is 5.78 Å². The van der Waals surface area contributed by atoms with E-state index >= 15 is 0 Å². The first-order valence-electron chi connectivity index (χ1n) is 3.67. The molecule has 9 heavy (non-hydrogen) atoms. The van der Waals surface area contributed by atoms with Gasteiger partial charge < -0.3 is 0 Å². The van der Waals surface area contributed by atoms with Crippen molar-refractivity contribution in [1.29, 1.82) is 0 Å². The van der Waals surface area contributed by atoms with Gasteiger partial charge in [0.2, 0.25) is 0 Å². The van der Waals surface area contributed by atoms with Crippen LogP contribution in [0.15, 0.2) is 0 Å². The average Bonchev–Trinajstić information content (AvgIpc) is 2.19. The van der Waals surface area contributed by atoms with E-state index in [0.717, 1.165) is 18.8 Å². The van der Waals surface area contributed by atoms with Gasteiger partial charge in [0, 0.05) is 12.3 Å². The normalized spacial score (nSPS) is 44.9. The van der Waals surface area contributed by atoms with E-state index in [0.29, 0.717) is 17.1 Å². The third kappa shape index (κ3) is 0.480. The maximum atomic E-state index is 11.0. The van der Waals surface area contributed by atoms with Crippen molar-refractivity contribution in [3.63, 3.8) is 0 Å². The van der Waals surface area contributed by atoms with Gasteiger partial charge in [-0.25, -0.2) is 0 Å². The van der Waals surface area contributed by atoms with Crippen LogP contribution >= 0.6 is 0 Å². The summed E-state index contributed by atoms with van der Waals surface area (Å²) in [5.41, 5.74) is 0.384. The molecule has 0 aromatic rings. The van der Waals surface area contributed by atoms with Gasteiger partial charge in [0.25, 0.3) is 0 Å². The number of carbonyl (C=O) groups excluding carboxylic acids is 1. The molecular formula is C8H12O. The quantitative estimate of drug-likeness (QED) is 0.479. The fraction of sp³-hybridized carbons (Fsp3) is 0.875. The van der Waals surface area contributed by atoms with Crippen LogP contribution in [0.5, 0.6) is 0 Å². The van der Waals surface area contributed by atoms with E-state index in [9.17, 15) is 4.79 Å². The predicted molar refractivity (Wildman–Crippen MR) is 35.0 cm³/mol. The molecule has 2 fully saturated rings. The second kappa shape index (κ2) is 1.23. The van der Waals surface area contributed by atoms with Crippen LogP contribution in [0.25, 0.3) is 0 Å². The van der Waals surface area contributed by atoms with E-state index in [1.807, 2.05) is 0 Å². The zero-order valence-corrected chi connectivity index (χ0v) is 5.98. The Hall–Kier alpha value is -0.330. The molecule has 2 aliphatic rings. The molecule has 50 valence electrons. The van der Waals surface area contributed by atoms with Crippen molar-refractivity contribution < 1.29 is 4.79 Å². The molecule has 1 heteroatoms. The van der Waals surface area contributed by atoms with Crippen LogP contribution < -0.4 is 0 Å². The molecule has 1 nitrogen and oxygen atoms in total. The molecule has 0 aromatic heterocycles. The lowest BCUT2D eigenvalue weighted by atomic mass is 10.0. The van der Waals surface area contributed by atoms with E-state index in [1.165, 1.54) is 0 Å². The fourth-order valence-corrected chi connectivity index (χ4v) is 2.38. The van der Waals surface area contributed by atoms with Crippen LogP contribution in [0, 0.1) is 17.3 Å². The van der Waals surface area contributed by atoms with Crippen molar-refractivity contribution in [2.24, 2.45) is 17.3 Å². The van der Waals surface area contributed by atoms with Crippen LogP contribution in [-0.2, 0) is 4.79 Å². The summed E-state index contributed by atoms with van der Waals surface area (Å²) in [5, 5.41) is 0. The molecule has 0 spiro atoms. The van der Waals surface area contributed by atoms with Gasteiger partial charge in [-0.1, -0.05) is 13.8 Å². The number of ketones is 1. The molecule has 0 N–H and O–H groups in total. The maximum absolute atomic E-state index is 11.0. The van der Waals surface area contributed by atoms with Crippen LogP contribution in [0.3, 0.4) is 0 Å². The molecule has 2 atom stereocenters. The summed E-state index contributed by atoms with van der Waals surface area (Å²) in [7, 11) is 0. The molecule has 0 radical (unpaired) electrons. The molecule has 2 saturated carbocycles. The van der Waals surface area contributed by atoms with Gasteiger partial charge in [-0.3, -0.25) is 4.79 Å². The van der Waals surface area contributed by atoms with Gasteiger partial charge in [-0.05, 0) is 17.8 Å². The SMILES string of the molecule is CC1(C)[C@@H]2CCC(=O)[C@@H]21. The maximum Gasteiger partial charge on any atom is 0.136 e. The van der Waals surface area contributed by atoms with Crippen molar-refractivity contribution in [2.45, 2.75) is 26.7 Å². The summed E-state index contributed by atoms with van der Waals surface area (Å²) in [5.74, 6) is 1.73. The number of rotatable bonds is 0. The molecule has 0 saturated heterocycles. The summed E-state index contributed by atoms with van der Waals surface area (Å²) in [6, 6.07) is 0. The lowest BCUT2D eigenvalue weighted by molar-refractivity contribution is -0.119. The largest absolute Gasteiger partial charge is 0.299 e. The van der Waals surface area contributed by atoms with Crippen molar-refractivity contribution >= 4 is 5.78 Å². The van der Waals surface area contributed by atoms with E-state index in [-0.39, 0.29) is 0 Å². The van der Waals surface area contributed by atoms with Gasteiger partial charge in [0.05, 0.1) is 0 Å². The smallest absolute Gasteiger partial charge is 0.136 e. The lowest BCUT2D eigenvalue weighted by Crippen LogP contribution is -2.04. The van der Waals surface area contributed by atoms with Crippen LogP contribution in [0.1, 0.15) is 26.7 Å². The molecule has 2 rings (SSSR count). The number of hydrogen-bond acceptors (Lipinski definition) is 1. The van der Waals surface area contributed by atoms with Crippen LogP contribution in [0.4, 0.5) is 0 Å². The van der Waals surface area contributed by atoms with Crippen LogP contribution in [0.2, 0.25) is 0 Å². The summed E-state index contributed by atoms with van der Waals surface area (Å²) in [6.45, 7) is 4.42. The Morgan fingerprint density at radius 1 is 1.56 bits per heavy atom. The number of fused-ring (bicyclic) bond motifs is 1. The topological polar surface area (TPSA) is 17.1 Å². The third-order valence-electron chi connectivity index (χ3n) is 3.10. The molecule has 0 heterocycles. The second-order valence-corrected chi connectivity index (χ2v) is 3.91. The predicted octanol–water partition coefficient (Wildman–Crippen LogP) is 1.62. The highest BCUT2D eigenvalue weighted by Gasteiger charge is 2.63. The first kappa shape index (κ1) is 5.45. The Bertz CT molecular complexity index is 169. The van der Waals surface area contributed by atoms with Crippen molar-refractivity contribution in [1.82, 2.24) is 0 Å². The summed E-state index contributed by atoms with van der Waals surface area (Å²) in [6.07, 6.45) is 2.02. The summed E-state index contributed by atoms with van der Waals surface area (Å²) >= 11 is 0. The van der Waals surface area contributed by atoms with Crippen molar-refractivity contribution in [2.75, 3.05) is 0 Å². The molecule has 0 amide bonds. The summed E-state index contributed by atoms with van der Waals surface area (Å²) in [4.78, 5) is 11.0. The van der Waals surface area contributed by atoms with E-state index < -0.39 is 0 Å². The zero-order chi connectivity index (χ0) is 6.65. The Kier molecular flexibility index (Phi) is 0.744. The molecule has 0 aliphatic heterocycles.